The molecule has 5 rings (SSSR count). The van der Waals surface area contributed by atoms with Crippen LogP contribution in [-0.2, 0) is 11.2 Å². The number of hydrogen-bond acceptors (Lipinski definition) is 5. The first kappa shape index (κ1) is 29.3. The van der Waals surface area contributed by atoms with Gasteiger partial charge in [-0.25, -0.2) is 0 Å². The van der Waals surface area contributed by atoms with Crippen LogP contribution in [0.1, 0.15) is 36.3 Å². The highest BCUT2D eigenvalue weighted by atomic mass is 19.4. The van der Waals surface area contributed by atoms with Crippen molar-refractivity contribution >= 4 is 16.8 Å². The molecule has 1 atom stereocenters. The predicted octanol–water partition coefficient (Wildman–Crippen LogP) is 5.30. The topological polar surface area (TPSA) is 61.0 Å². The van der Waals surface area contributed by atoms with E-state index in [0.717, 1.165) is 51.0 Å². The Morgan fingerprint density at radius 1 is 1.00 bits per heavy atom. The number of likely N-dealkylation sites (tertiary alicyclic amines) is 2. The number of carbonyl (C=O) groups excluding carboxylic acids is 1. The van der Waals surface area contributed by atoms with Crippen LogP contribution in [0, 0.1) is 0 Å². The fraction of sp³-hybridized carbons (Fsp3) is 0.516. The molecule has 222 valence electrons. The van der Waals surface area contributed by atoms with E-state index >= 15 is 0 Å². The van der Waals surface area contributed by atoms with Gasteiger partial charge in [0.2, 0.25) is 5.91 Å². The van der Waals surface area contributed by atoms with Crippen LogP contribution in [0.3, 0.4) is 0 Å². The van der Waals surface area contributed by atoms with Gasteiger partial charge in [-0.15, -0.1) is 0 Å². The number of aromatic amines is 1. The molecule has 0 spiro atoms. The van der Waals surface area contributed by atoms with E-state index in [0.29, 0.717) is 46.2 Å². The molecular weight excluding hydrogens is 533 g/mol. The highest BCUT2D eigenvalue weighted by molar-refractivity contribution is 5.92. The average Bonchev–Trinajstić information content (AvgIpc) is 3.58. The van der Waals surface area contributed by atoms with Gasteiger partial charge in [0.25, 0.3) is 0 Å². The number of benzene rings is 2. The van der Waals surface area contributed by atoms with Gasteiger partial charge in [0.15, 0.2) is 11.5 Å². The van der Waals surface area contributed by atoms with E-state index in [1.165, 1.54) is 14.2 Å². The van der Waals surface area contributed by atoms with E-state index in [1.807, 2.05) is 23.1 Å². The first-order valence-electron chi connectivity index (χ1n) is 14.2. The molecule has 0 radical (unpaired) electrons. The molecule has 3 heterocycles. The molecule has 0 aliphatic carbocycles. The minimum absolute atomic E-state index is 0.182. The lowest BCUT2D eigenvalue weighted by Crippen LogP contribution is -2.43. The third kappa shape index (κ3) is 6.48. The maximum atomic E-state index is 13.8. The quantitative estimate of drug-likeness (QED) is 0.397. The van der Waals surface area contributed by atoms with Gasteiger partial charge in [-0.1, -0.05) is 6.07 Å². The van der Waals surface area contributed by atoms with Gasteiger partial charge in [0.1, 0.15) is 0 Å². The lowest BCUT2D eigenvalue weighted by molar-refractivity contribution is -0.131. The zero-order chi connectivity index (χ0) is 29.3. The summed E-state index contributed by atoms with van der Waals surface area (Å²) in [5.41, 5.74) is 2.97. The second kappa shape index (κ2) is 11.9. The summed E-state index contributed by atoms with van der Waals surface area (Å²) in [6.07, 6.45) is -2.67. The summed E-state index contributed by atoms with van der Waals surface area (Å²) < 4.78 is 52.1. The molecule has 1 unspecified atom stereocenters. The molecule has 1 aromatic heterocycles. The van der Waals surface area contributed by atoms with Crippen LogP contribution in [0.15, 0.2) is 36.4 Å². The van der Waals surface area contributed by atoms with Gasteiger partial charge < -0.3 is 24.3 Å². The van der Waals surface area contributed by atoms with Gasteiger partial charge in [0, 0.05) is 35.6 Å². The summed E-state index contributed by atoms with van der Waals surface area (Å²) in [6, 6.07) is 11.4. The largest absolute Gasteiger partial charge is 0.493 e. The molecule has 2 aliphatic rings. The van der Waals surface area contributed by atoms with Crippen LogP contribution in [0.2, 0.25) is 0 Å². The summed E-state index contributed by atoms with van der Waals surface area (Å²) in [7, 11) is 7.13. The summed E-state index contributed by atoms with van der Waals surface area (Å²) in [5, 5.41) is 0.590. The van der Waals surface area contributed by atoms with Gasteiger partial charge in [-0.2, -0.15) is 13.2 Å². The van der Waals surface area contributed by atoms with Crippen LogP contribution in [0.4, 0.5) is 13.2 Å². The second-order valence-electron chi connectivity index (χ2n) is 11.4. The molecule has 2 fully saturated rings. The minimum Gasteiger partial charge on any atom is -0.493 e. The number of nitrogens with one attached hydrogen (secondary N) is 1. The summed E-state index contributed by atoms with van der Waals surface area (Å²) in [4.78, 5) is 22.5. The molecule has 0 saturated carbocycles. The number of likely N-dealkylation sites (N-methyl/N-ethyl adjacent to an activating group) is 1. The van der Waals surface area contributed by atoms with Crippen molar-refractivity contribution in [2.45, 2.75) is 43.8 Å². The number of amides is 1. The maximum Gasteiger partial charge on any atom is 0.393 e. The highest BCUT2D eigenvalue weighted by Crippen LogP contribution is 2.40. The zero-order valence-electron chi connectivity index (χ0n) is 24.2. The SMILES string of the molecule is COc1ccc(-c2[nH]c3ccc(C4CCN(CC(=O)N5CCC(N(C)C)C5)CC4)cc3c2CC(F)(F)F)cc1OC. The van der Waals surface area contributed by atoms with Crippen LogP contribution < -0.4 is 9.47 Å². The Kier molecular flexibility index (Phi) is 8.52. The number of H-pyrrole nitrogens is 1. The number of hydrogen-bond donors (Lipinski definition) is 1. The summed E-state index contributed by atoms with van der Waals surface area (Å²) >= 11 is 0. The number of ether oxygens (including phenoxy) is 2. The lowest BCUT2D eigenvalue weighted by Gasteiger charge is -2.33. The molecule has 0 bridgehead atoms. The van der Waals surface area contributed by atoms with Gasteiger partial charge in [-0.3, -0.25) is 9.69 Å². The van der Waals surface area contributed by atoms with Crippen molar-refractivity contribution in [3.05, 3.63) is 47.5 Å². The summed E-state index contributed by atoms with van der Waals surface area (Å²) in [5.74, 6) is 1.38. The number of carbonyl (C=O) groups is 1. The van der Waals surface area contributed by atoms with Crippen molar-refractivity contribution in [1.82, 2.24) is 19.7 Å². The Morgan fingerprint density at radius 3 is 2.37 bits per heavy atom. The molecule has 2 saturated heterocycles. The maximum absolute atomic E-state index is 13.8. The Bertz CT molecular complexity index is 1380. The molecule has 1 N–H and O–H groups in total. The molecular formula is C31H39F3N4O3. The fourth-order valence-corrected chi connectivity index (χ4v) is 6.25. The average molecular weight is 573 g/mol. The molecule has 10 heteroatoms. The molecule has 7 nitrogen and oxygen atoms in total. The Morgan fingerprint density at radius 2 is 1.73 bits per heavy atom. The van der Waals surface area contributed by atoms with E-state index < -0.39 is 12.6 Å². The molecule has 2 aliphatic heterocycles. The number of halogens is 3. The predicted molar refractivity (Wildman–Crippen MR) is 154 cm³/mol. The van der Waals surface area contributed by atoms with E-state index in [4.69, 9.17) is 9.47 Å². The van der Waals surface area contributed by atoms with E-state index in [2.05, 4.69) is 28.9 Å². The number of piperidine rings is 1. The fourth-order valence-electron chi connectivity index (χ4n) is 6.25. The number of aromatic nitrogens is 1. The van der Waals surface area contributed by atoms with Crippen molar-refractivity contribution in [1.29, 1.82) is 0 Å². The van der Waals surface area contributed by atoms with Crippen LogP contribution in [-0.4, -0.2) is 98.8 Å². The van der Waals surface area contributed by atoms with Gasteiger partial charge in [0.05, 0.1) is 32.9 Å². The van der Waals surface area contributed by atoms with Crippen molar-refractivity contribution in [3.63, 3.8) is 0 Å². The van der Waals surface area contributed by atoms with Crippen LogP contribution >= 0.6 is 0 Å². The van der Waals surface area contributed by atoms with Crippen molar-refractivity contribution in [3.8, 4) is 22.8 Å². The Labute approximate surface area is 239 Å². The minimum atomic E-state index is -4.36. The zero-order valence-corrected chi connectivity index (χ0v) is 24.2. The first-order chi connectivity index (χ1) is 19.6. The standard InChI is InChI=1S/C31H39F3N4O3/c1-36(2)23-11-14-38(18-23)29(39)19-37-12-9-20(10-13-37)21-5-7-26-24(15-21)25(17-31(32,33)34)30(35-26)22-6-8-27(40-3)28(16-22)41-4/h5-8,15-16,20,23,35H,9-14,17-19H2,1-4H3. The molecule has 1 amide bonds. The smallest absolute Gasteiger partial charge is 0.393 e. The summed E-state index contributed by atoms with van der Waals surface area (Å²) in [6.45, 7) is 3.59. The molecule has 41 heavy (non-hydrogen) atoms. The van der Waals surface area contributed by atoms with Crippen molar-refractivity contribution in [2.24, 2.45) is 0 Å². The van der Waals surface area contributed by atoms with Gasteiger partial charge in [-0.05, 0) is 93.8 Å². The monoisotopic (exact) mass is 572 g/mol. The number of rotatable bonds is 8. The highest BCUT2D eigenvalue weighted by Gasteiger charge is 2.33. The normalized spacial score (nSPS) is 18.9. The second-order valence-corrected chi connectivity index (χ2v) is 11.4. The van der Waals surface area contributed by atoms with E-state index in [9.17, 15) is 18.0 Å². The lowest BCUT2D eigenvalue weighted by atomic mass is 9.88. The Hall–Kier alpha value is -3.24. The van der Waals surface area contributed by atoms with Crippen molar-refractivity contribution in [2.75, 3.05) is 61.0 Å². The molecule has 2 aromatic carbocycles. The number of alkyl halides is 3. The van der Waals surface area contributed by atoms with Crippen LogP contribution in [0.5, 0.6) is 11.5 Å². The van der Waals surface area contributed by atoms with Crippen LogP contribution in [0.25, 0.3) is 22.2 Å². The van der Waals surface area contributed by atoms with Gasteiger partial charge >= 0.3 is 6.18 Å². The first-order valence-corrected chi connectivity index (χ1v) is 14.2. The van der Waals surface area contributed by atoms with E-state index in [-0.39, 0.29) is 17.4 Å². The molecule has 3 aromatic rings. The number of methoxy groups -OCH3 is 2. The Balaban J connectivity index is 1.33. The van der Waals surface area contributed by atoms with E-state index in [1.54, 1.807) is 18.2 Å². The third-order valence-corrected chi connectivity index (χ3v) is 8.64. The third-order valence-electron chi connectivity index (χ3n) is 8.64. The number of nitrogens with zero attached hydrogens (tertiary/aromatic N) is 3. The number of fused-ring (bicyclic) bond motifs is 1. The van der Waals surface area contributed by atoms with Crippen molar-refractivity contribution < 1.29 is 27.4 Å².